The van der Waals surface area contributed by atoms with Crippen molar-refractivity contribution < 1.29 is 19.4 Å². The average Bonchev–Trinajstić information content (AvgIpc) is 1.97. The molecule has 0 aromatic carbocycles. The Morgan fingerprint density at radius 2 is 2.00 bits per heavy atom. The number of rotatable bonds is 4. The third-order valence-electron chi connectivity index (χ3n) is 1.17. The van der Waals surface area contributed by atoms with E-state index >= 15 is 0 Å². The molecule has 13 heavy (non-hydrogen) atoms. The Morgan fingerprint density at radius 1 is 1.54 bits per heavy atom. The maximum absolute atomic E-state index is 11.1. The van der Waals surface area contributed by atoms with E-state index in [2.05, 4.69) is 27.2 Å². The van der Waals surface area contributed by atoms with Crippen molar-refractivity contribution in [2.45, 2.75) is 18.2 Å². The number of hydrogen-bond donors (Lipinski definition) is 1. The molecular weight excluding hydrogens is 240 g/mol. The normalized spacial score (nSPS) is 10.7. The zero-order valence-corrected chi connectivity index (χ0v) is 9.05. The second-order valence-corrected chi connectivity index (χ2v) is 4.94. The van der Waals surface area contributed by atoms with Crippen LogP contribution in [0.15, 0.2) is 12.2 Å². The van der Waals surface area contributed by atoms with Gasteiger partial charge >= 0.3 is 11.9 Å². The minimum absolute atomic E-state index is 0.148. The van der Waals surface area contributed by atoms with E-state index in [4.69, 9.17) is 5.11 Å². The van der Waals surface area contributed by atoms with Crippen molar-refractivity contribution in [2.75, 3.05) is 6.61 Å². The van der Waals surface area contributed by atoms with Crippen molar-refractivity contribution in [3.8, 4) is 0 Å². The lowest BCUT2D eigenvalue weighted by Crippen LogP contribution is -2.27. The highest BCUT2D eigenvalue weighted by Crippen LogP contribution is 2.17. The smallest absolute Gasteiger partial charge is 0.334 e. The van der Waals surface area contributed by atoms with E-state index in [-0.39, 0.29) is 12.2 Å². The molecule has 0 heterocycles. The Labute approximate surface area is 84.7 Å². The van der Waals surface area contributed by atoms with Crippen molar-refractivity contribution in [3.05, 3.63) is 12.2 Å². The fourth-order valence-electron chi connectivity index (χ4n) is 0.386. The maximum Gasteiger partial charge on any atom is 0.334 e. The van der Waals surface area contributed by atoms with Crippen LogP contribution in [0.4, 0.5) is 0 Å². The van der Waals surface area contributed by atoms with Crippen LogP contribution < -0.4 is 0 Å². The predicted molar refractivity (Wildman–Crippen MR) is 50.7 cm³/mol. The largest absolute Gasteiger partial charge is 0.478 e. The molecule has 4 nitrogen and oxygen atoms in total. The van der Waals surface area contributed by atoms with Gasteiger partial charge in [-0.25, -0.2) is 4.79 Å². The quantitative estimate of drug-likeness (QED) is 0.465. The molecular formula is C8H11BrO4. The van der Waals surface area contributed by atoms with Gasteiger partial charge in [-0.2, -0.15) is 0 Å². The SMILES string of the molecule is C=C(COC(=O)C(C)(C)Br)C(=O)O. The van der Waals surface area contributed by atoms with E-state index in [1.807, 2.05) is 0 Å². The van der Waals surface area contributed by atoms with Gasteiger partial charge in [0.15, 0.2) is 0 Å². The molecule has 0 rings (SSSR count). The minimum atomic E-state index is -1.17. The summed E-state index contributed by atoms with van der Waals surface area (Å²) in [5, 5.41) is 8.40. The molecule has 0 saturated carbocycles. The lowest BCUT2D eigenvalue weighted by Gasteiger charge is -2.14. The number of aliphatic carboxylic acids is 1. The number of esters is 1. The molecule has 0 radical (unpaired) electrons. The van der Waals surface area contributed by atoms with Crippen molar-refractivity contribution in [1.29, 1.82) is 0 Å². The molecule has 0 aliphatic heterocycles. The molecule has 74 valence electrons. The number of carboxylic acids is 1. The van der Waals surface area contributed by atoms with E-state index in [0.29, 0.717) is 0 Å². The van der Waals surface area contributed by atoms with E-state index < -0.39 is 16.3 Å². The van der Waals surface area contributed by atoms with Gasteiger partial charge in [-0.05, 0) is 13.8 Å². The number of ether oxygens (including phenoxy) is 1. The third-order valence-corrected chi connectivity index (χ3v) is 1.49. The van der Waals surface area contributed by atoms with Crippen LogP contribution in [-0.4, -0.2) is 28.0 Å². The van der Waals surface area contributed by atoms with Crippen LogP contribution in [0.1, 0.15) is 13.8 Å². The van der Waals surface area contributed by atoms with Crippen LogP contribution in [0, 0.1) is 0 Å². The van der Waals surface area contributed by atoms with E-state index in [1.165, 1.54) is 0 Å². The highest BCUT2D eigenvalue weighted by molar-refractivity contribution is 9.10. The zero-order chi connectivity index (χ0) is 10.6. The molecule has 0 aromatic rings. The average molecular weight is 251 g/mol. The van der Waals surface area contributed by atoms with Crippen LogP contribution >= 0.6 is 15.9 Å². The summed E-state index contributed by atoms with van der Waals surface area (Å²) in [6.45, 7) is 6.15. The molecule has 0 aliphatic rings. The number of hydrogen-bond acceptors (Lipinski definition) is 3. The zero-order valence-electron chi connectivity index (χ0n) is 7.46. The summed E-state index contributed by atoms with van der Waals surface area (Å²) in [5.74, 6) is -1.69. The van der Waals surface area contributed by atoms with Crippen molar-refractivity contribution in [2.24, 2.45) is 0 Å². The molecule has 0 bridgehead atoms. The fraction of sp³-hybridized carbons (Fsp3) is 0.500. The Balaban J connectivity index is 3.99. The molecule has 0 unspecified atom stereocenters. The van der Waals surface area contributed by atoms with Crippen LogP contribution in [0.3, 0.4) is 0 Å². The van der Waals surface area contributed by atoms with Crippen molar-refractivity contribution in [1.82, 2.24) is 0 Å². The van der Waals surface area contributed by atoms with Crippen molar-refractivity contribution >= 4 is 27.9 Å². The molecule has 0 aliphatic carbocycles. The van der Waals surface area contributed by atoms with Gasteiger partial charge in [-0.1, -0.05) is 22.5 Å². The molecule has 0 spiro atoms. The summed E-state index contributed by atoms with van der Waals surface area (Å²) in [6.07, 6.45) is 0. The molecule has 0 amide bonds. The first-order valence-electron chi connectivity index (χ1n) is 3.52. The molecule has 0 fully saturated rings. The topological polar surface area (TPSA) is 63.6 Å². The molecule has 5 heteroatoms. The number of alkyl halides is 1. The predicted octanol–water partition coefficient (Wildman–Crippen LogP) is 1.34. The monoisotopic (exact) mass is 250 g/mol. The van der Waals surface area contributed by atoms with Crippen LogP contribution in [0.2, 0.25) is 0 Å². The summed E-state index contributed by atoms with van der Waals surface area (Å²) < 4.78 is 3.86. The Kier molecular flexibility index (Phi) is 4.13. The maximum atomic E-state index is 11.1. The third kappa shape index (κ3) is 4.67. The molecule has 0 saturated heterocycles. The molecule has 0 atom stereocenters. The first kappa shape index (κ1) is 12.2. The Morgan fingerprint density at radius 3 is 2.31 bits per heavy atom. The number of halogens is 1. The highest BCUT2D eigenvalue weighted by Gasteiger charge is 2.25. The van der Waals surface area contributed by atoms with Crippen LogP contribution in [-0.2, 0) is 14.3 Å². The van der Waals surface area contributed by atoms with Gasteiger partial charge in [0.2, 0.25) is 0 Å². The lowest BCUT2D eigenvalue weighted by molar-refractivity contribution is -0.145. The standard InChI is InChI=1S/C8H11BrO4/c1-5(6(10)11)4-13-7(12)8(2,3)9/h1,4H2,2-3H3,(H,10,11). The van der Waals surface area contributed by atoms with Gasteiger partial charge in [0.1, 0.15) is 10.9 Å². The van der Waals surface area contributed by atoms with E-state index in [1.54, 1.807) is 13.8 Å². The van der Waals surface area contributed by atoms with Gasteiger partial charge in [-0.3, -0.25) is 4.79 Å². The van der Waals surface area contributed by atoms with E-state index in [9.17, 15) is 9.59 Å². The lowest BCUT2D eigenvalue weighted by atomic mass is 10.2. The summed E-state index contributed by atoms with van der Waals surface area (Å²) in [6, 6.07) is 0. The van der Waals surface area contributed by atoms with E-state index in [0.717, 1.165) is 0 Å². The molecule has 0 aromatic heterocycles. The molecule has 1 N–H and O–H groups in total. The number of carbonyl (C=O) groups is 2. The Hall–Kier alpha value is -0.840. The van der Waals surface area contributed by atoms with Crippen LogP contribution in [0.5, 0.6) is 0 Å². The highest BCUT2D eigenvalue weighted by atomic mass is 79.9. The number of carboxylic acid groups (broad SMARTS) is 1. The first-order chi connectivity index (χ1) is 5.75. The Bertz CT molecular complexity index is 239. The summed E-state index contributed by atoms with van der Waals surface area (Å²) in [5.41, 5.74) is -0.148. The minimum Gasteiger partial charge on any atom is -0.478 e. The van der Waals surface area contributed by atoms with Crippen LogP contribution in [0.25, 0.3) is 0 Å². The second kappa shape index (κ2) is 4.41. The van der Waals surface area contributed by atoms with Gasteiger partial charge < -0.3 is 9.84 Å². The second-order valence-electron chi connectivity index (χ2n) is 2.96. The van der Waals surface area contributed by atoms with Gasteiger partial charge in [0.25, 0.3) is 0 Å². The van der Waals surface area contributed by atoms with Gasteiger partial charge in [0.05, 0.1) is 5.57 Å². The first-order valence-corrected chi connectivity index (χ1v) is 4.31. The summed E-state index contributed by atoms with van der Waals surface area (Å²) in [7, 11) is 0. The summed E-state index contributed by atoms with van der Waals surface area (Å²) >= 11 is 3.08. The summed E-state index contributed by atoms with van der Waals surface area (Å²) in [4.78, 5) is 21.3. The van der Waals surface area contributed by atoms with Gasteiger partial charge in [-0.15, -0.1) is 0 Å². The van der Waals surface area contributed by atoms with Crippen molar-refractivity contribution in [3.63, 3.8) is 0 Å². The fourth-order valence-corrected chi connectivity index (χ4v) is 0.500. The number of carbonyl (C=O) groups excluding carboxylic acids is 1. The van der Waals surface area contributed by atoms with Gasteiger partial charge in [0, 0.05) is 0 Å².